The number of nitrogens with one attached hydrogen (secondary N) is 2. The molecular formula is C21H30ClIN6O2. The maximum Gasteiger partial charge on any atom is 0.248 e. The molecule has 10 heteroatoms. The minimum absolute atomic E-state index is 0. The summed E-state index contributed by atoms with van der Waals surface area (Å²) in [6, 6.07) is 7.32. The molecular weight excluding hydrogens is 531 g/mol. The third-order valence-corrected chi connectivity index (χ3v) is 5.07. The molecule has 2 N–H and O–H groups in total. The Morgan fingerprint density at radius 3 is 2.97 bits per heavy atom. The Hall–Kier alpha value is -1.88. The average molecular weight is 561 g/mol. The number of aromatic nitrogens is 2. The maximum absolute atomic E-state index is 12.1. The van der Waals surface area contributed by atoms with Crippen LogP contribution in [0.3, 0.4) is 0 Å². The van der Waals surface area contributed by atoms with Crippen LogP contribution < -0.4 is 10.6 Å². The number of carbonyl (C=O) groups is 1. The van der Waals surface area contributed by atoms with Gasteiger partial charge in [-0.3, -0.25) is 4.79 Å². The Morgan fingerprint density at radius 1 is 1.29 bits per heavy atom. The van der Waals surface area contributed by atoms with E-state index in [-0.39, 0.29) is 36.4 Å². The summed E-state index contributed by atoms with van der Waals surface area (Å²) in [6.45, 7) is 5.41. The first-order chi connectivity index (χ1) is 14.7. The van der Waals surface area contributed by atoms with Gasteiger partial charge in [0.05, 0.1) is 0 Å². The number of hydrogen-bond donors (Lipinski definition) is 2. The summed E-state index contributed by atoms with van der Waals surface area (Å²) >= 11 is 6.02. The summed E-state index contributed by atoms with van der Waals surface area (Å²) in [4.78, 5) is 22.9. The molecule has 0 atom stereocenters. The lowest BCUT2D eigenvalue weighted by atomic mass is 10.2. The number of halogens is 2. The van der Waals surface area contributed by atoms with Crippen molar-refractivity contribution in [3.8, 4) is 11.4 Å². The minimum atomic E-state index is 0. The summed E-state index contributed by atoms with van der Waals surface area (Å²) in [5.74, 6) is 1.88. The van der Waals surface area contributed by atoms with E-state index in [1.54, 1.807) is 12.1 Å². The van der Waals surface area contributed by atoms with Crippen LogP contribution in [-0.4, -0.2) is 53.1 Å². The van der Waals surface area contributed by atoms with Crippen molar-refractivity contribution in [1.82, 2.24) is 25.7 Å². The fourth-order valence-electron chi connectivity index (χ4n) is 3.30. The van der Waals surface area contributed by atoms with Crippen LogP contribution in [-0.2, 0) is 11.3 Å². The van der Waals surface area contributed by atoms with Crippen LogP contribution in [0, 0.1) is 0 Å². The van der Waals surface area contributed by atoms with E-state index in [0.29, 0.717) is 29.1 Å². The van der Waals surface area contributed by atoms with Crippen molar-refractivity contribution in [2.45, 2.75) is 45.6 Å². The fourth-order valence-corrected chi connectivity index (χ4v) is 3.49. The summed E-state index contributed by atoms with van der Waals surface area (Å²) in [7, 11) is 0. The van der Waals surface area contributed by atoms with E-state index in [1.165, 1.54) is 0 Å². The van der Waals surface area contributed by atoms with E-state index in [1.807, 2.05) is 24.0 Å². The van der Waals surface area contributed by atoms with Gasteiger partial charge in [0.25, 0.3) is 0 Å². The van der Waals surface area contributed by atoms with Crippen LogP contribution in [0.25, 0.3) is 11.4 Å². The van der Waals surface area contributed by atoms with Gasteiger partial charge in [-0.15, -0.1) is 24.0 Å². The zero-order valence-corrected chi connectivity index (χ0v) is 20.9. The summed E-state index contributed by atoms with van der Waals surface area (Å²) in [5, 5.41) is 11.1. The topological polar surface area (TPSA) is 95.7 Å². The van der Waals surface area contributed by atoms with E-state index in [4.69, 9.17) is 16.1 Å². The van der Waals surface area contributed by atoms with E-state index in [0.717, 1.165) is 57.4 Å². The van der Waals surface area contributed by atoms with Gasteiger partial charge in [0.2, 0.25) is 17.6 Å². The molecule has 2 heterocycles. The molecule has 31 heavy (non-hydrogen) atoms. The van der Waals surface area contributed by atoms with Gasteiger partial charge in [-0.1, -0.05) is 35.3 Å². The molecule has 8 nitrogen and oxygen atoms in total. The van der Waals surface area contributed by atoms with Gasteiger partial charge in [0, 0.05) is 43.2 Å². The molecule has 1 fully saturated rings. The first-order valence-corrected chi connectivity index (χ1v) is 10.9. The maximum atomic E-state index is 12.1. The molecule has 0 aliphatic carbocycles. The Balaban J connectivity index is 0.00000341. The van der Waals surface area contributed by atoms with E-state index in [2.05, 4.69) is 25.8 Å². The lowest BCUT2D eigenvalue weighted by Gasteiger charge is -2.20. The number of guanidine groups is 1. The van der Waals surface area contributed by atoms with Crippen molar-refractivity contribution >= 4 is 47.4 Å². The van der Waals surface area contributed by atoms with Crippen molar-refractivity contribution in [3.63, 3.8) is 0 Å². The molecule has 1 saturated heterocycles. The van der Waals surface area contributed by atoms with Crippen LogP contribution in [0.5, 0.6) is 0 Å². The second-order valence-electron chi connectivity index (χ2n) is 7.19. The SMILES string of the molecule is CCNC(=NCc1nc(-c2cccc(Cl)c2)no1)NCCCN1CCCCCC1=O.I. The normalized spacial score (nSPS) is 14.7. The zero-order chi connectivity index (χ0) is 21.2. The molecule has 0 unspecified atom stereocenters. The number of amides is 1. The quantitative estimate of drug-likeness (QED) is 0.220. The molecule has 1 aromatic heterocycles. The van der Waals surface area contributed by atoms with Crippen molar-refractivity contribution in [3.05, 3.63) is 35.2 Å². The molecule has 170 valence electrons. The van der Waals surface area contributed by atoms with Gasteiger partial charge in [0.1, 0.15) is 6.54 Å². The molecule has 2 aromatic rings. The molecule has 1 amide bonds. The average Bonchev–Trinajstić information content (AvgIpc) is 3.12. The van der Waals surface area contributed by atoms with Gasteiger partial charge in [-0.05, 0) is 38.3 Å². The molecule has 3 rings (SSSR count). The van der Waals surface area contributed by atoms with Crippen LogP contribution in [0.4, 0.5) is 0 Å². The first-order valence-electron chi connectivity index (χ1n) is 10.5. The Bertz CT molecular complexity index is 860. The monoisotopic (exact) mass is 560 g/mol. The third-order valence-electron chi connectivity index (χ3n) is 4.84. The van der Waals surface area contributed by atoms with E-state index >= 15 is 0 Å². The Morgan fingerprint density at radius 2 is 2.16 bits per heavy atom. The molecule has 0 radical (unpaired) electrons. The fraction of sp³-hybridized carbons (Fsp3) is 0.524. The van der Waals surface area contributed by atoms with Crippen LogP contribution >= 0.6 is 35.6 Å². The Kier molecular flexibility index (Phi) is 11.1. The smallest absolute Gasteiger partial charge is 0.248 e. The summed E-state index contributed by atoms with van der Waals surface area (Å²) < 4.78 is 5.31. The highest BCUT2D eigenvalue weighted by Gasteiger charge is 2.15. The lowest BCUT2D eigenvalue weighted by molar-refractivity contribution is -0.130. The minimum Gasteiger partial charge on any atom is -0.357 e. The largest absolute Gasteiger partial charge is 0.357 e. The predicted molar refractivity (Wildman–Crippen MR) is 133 cm³/mol. The van der Waals surface area contributed by atoms with E-state index < -0.39 is 0 Å². The van der Waals surface area contributed by atoms with Crippen LogP contribution in [0.15, 0.2) is 33.8 Å². The highest BCUT2D eigenvalue weighted by atomic mass is 127. The van der Waals surface area contributed by atoms with Crippen molar-refractivity contribution in [1.29, 1.82) is 0 Å². The highest BCUT2D eigenvalue weighted by Crippen LogP contribution is 2.20. The lowest BCUT2D eigenvalue weighted by Crippen LogP contribution is -2.39. The van der Waals surface area contributed by atoms with Crippen molar-refractivity contribution < 1.29 is 9.32 Å². The standard InChI is InChI=1S/C21H29ClN6O2.HI/c1-2-23-21(24-11-7-13-28-12-5-3-4-10-19(28)29)25-15-18-26-20(27-30-18)16-8-6-9-17(22)14-16;/h6,8-9,14H,2-5,7,10-13,15H2,1H3,(H2,23,24,25);1H. The number of rotatable bonds is 8. The number of hydrogen-bond acceptors (Lipinski definition) is 5. The highest BCUT2D eigenvalue weighted by molar-refractivity contribution is 14.0. The summed E-state index contributed by atoms with van der Waals surface area (Å²) in [6.07, 6.45) is 4.81. The van der Waals surface area contributed by atoms with Gasteiger partial charge < -0.3 is 20.1 Å². The number of likely N-dealkylation sites (tertiary alicyclic amines) is 1. The molecule has 0 spiro atoms. The number of benzene rings is 1. The molecule has 1 aliphatic rings. The predicted octanol–water partition coefficient (Wildman–Crippen LogP) is 3.86. The Labute approximate surface area is 205 Å². The molecule has 0 saturated carbocycles. The van der Waals surface area contributed by atoms with Crippen molar-refractivity contribution in [2.24, 2.45) is 4.99 Å². The summed E-state index contributed by atoms with van der Waals surface area (Å²) in [5.41, 5.74) is 0.801. The number of carbonyl (C=O) groups excluding carboxylic acids is 1. The first kappa shape index (κ1) is 25.4. The zero-order valence-electron chi connectivity index (χ0n) is 17.8. The number of nitrogens with zero attached hydrogens (tertiary/aromatic N) is 4. The number of aliphatic imine (C=N–C) groups is 1. The third kappa shape index (κ3) is 8.29. The van der Waals surface area contributed by atoms with Crippen LogP contribution in [0.1, 0.15) is 44.9 Å². The van der Waals surface area contributed by atoms with Gasteiger partial charge in [-0.2, -0.15) is 4.98 Å². The molecule has 0 bridgehead atoms. The van der Waals surface area contributed by atoms with Gasteiger partial charge in [0.15, 0.2) is 5.96 Å². The van der Waals surface area contributed by atoms with Gasteiger partial charge in [-0.25, -0.2) is 4.99 Å². The van der Waals surface area contributed by atoms with Gasteiger partial charge >= 0.3 is 0 Å². The van der Waals surface area contributed by atoms with Crippen molar-refractivity contribution in [2.75, 3.05) is 26.2 Å². The molecule has 1 aliphatic heterocycles. The second-order valence-corrected chi connectivity index (χ2v) is 7.63. The second kappa shape index (κ2) is 13.5. The molecule has 1 aromatic carbocycles. The van der Waals surface area contributed by atoms with Crippen LogP contribution in [0.2, 0.25) is 5.02 Å². The van der Waals surface area contributed by atoms with E-state index in [9.17, 15) is 4.79 Å².